The lowest BCUT2D eigenvalue weighted by Crippen LogP contribution is -2.33. The highest BCUT2D eigenvalue weighted by molar-refractivity contribution is 7.17. The van der Waals surface area contributed by atoms with E-state index in [0.29, 0.717) is 6.42 Å². The van der Waals surface area contributed by atoms with Gasteiger partial charge in [-0.3, -0.25) is 9.59 Å². The van der Waals surface area contributed by atoms with E-state index in [4.69, 9.17) is 4.74 Å². The Balaban J connectivity index is 1.44. The van der Waals surface area contributed by atoms with Crippen molar-refractivity contribution in [3.8, 4) is 10.7 Å². The fraction of sp³-hybridized carbons (Fsp3) is 0.333. The van der Waals surface area contributed by atoms with E-state index in [2.05, 4.69) is 20.0 Å². The van der Waals surface area contributed by atoms with Crippen molar-refractivity contribution < 1.29 is 40.8 Å². The number of ether oxygens (including phenoxy) is 1. The monoisotopic (exact) mass is 541 g/mol. The van der Waals surface area contributed by atoms with E-state index < -0.39 is 41.2 Å². The zero-order valence-corrected chi connectivity index (χ0v) is 19.9. The van der Waals surface area contributed by atoms with Crippen molar-refractivity contribution in [2.24, 2.45) is 5.92 Å². The molecule has 1 aliphatic heterocycles. The topological polar surface area (TPSA) is 94.3 Å². The number of amides is 1. The van der Waals surface area contributed by atoms with Crippen LogP contribution in [0.5, 0.6) is 0 Å². The third-order valence-corrected chi connectivity index (χ3v) is 6.54. The quantitative estimate of drug-likeness (QED) is 0.410. The lowest BCUT2D eigenvalue weighted by Gasteiger charge is -2.22. The van der Waals surface area contributed by atoms with Gasteiger partial charge in [-0.15, -0.1) is 11.3 Å². The maximum atomic E-state index is 14.9. The Hall–Kier alpha value is -3.45. The summed E-state index contributed by atoms with van der Waals surface area (Å²) in [7, 11) is 0. The summed E-state index contributed by atoms with van der Waals surface area (Å²) in [6.07, 6.45) is -2.88. The summed E-state index contributed by atoms with van der Waals surface area (Å²) in [6.45, 7) is 0.359. The van der Waals surface area contributed by atoms with Crippen molar-refractivity contribution in [3.05, 3.63) is 70.4 Å². The molecule has 0 aliphatic carbocycles. The van der Waals surface area contributed by atoms with Crippen molar-refractivity contribution in [3.63, 3.8) is 0 Å². The first-order valence-electron chi connectivity index (χ1n) is 11.1. The number of aromatic nitrogens is 2. The number of carbonyl (C=O) groups excluding carboxylic acids is 2. The van der Waals surface area contributed by atoms with Gasteiger partial charge in [0.2, 0.25) is 11.6 Å². The molecule has 0 fully saturated rings. The number of Topliss-reactive ketones (excluding diaryl/α,β-unsaturated/α-hetero) is 1. The molecule has 1 atom stereocenters. The van der Waals surface area contributed by atoms with Crippen molar-refractivity contribution >= 4 is 23.0 Å². The number of hydrogen-bond acceptors (Lipinski definition) is 7. The van der Waals surface area contributed by atoms with Crippen LogP contribution in [0.2, 0.25) is 0 Å². The predicted molar refractivity (Wildman–Crippen MR) is 122 cm³/mol. The van der Waals surface area contributed by atoms with Crippen LogP contribution >= 0.6 is 11.3 Å². The van der Waals surface area contributed by atoms with Gasteiger partial charge in [-0.2, -0.15) is 26.9 Å². The molecule has 0 saturated heterocycles. The molecule has 1 amide bonds. The predicted octanol–water partition coefficient (Wildman–Crippen LogP) is 5.26. The van der Waals surface area contributed by atoms with Crippen LogP contribution in [0.1, 0.15) is 34.0 Å². The zero-order chi connectivity index (χ0) is 26.6. The molecule has 196 valence electrons. The van der Waals surface area contributed by atoms with Crippen LogP contribution in [0.3, 0.4) is 0 Å². The number of thiophene rings is 1. The van der Waals surface area contributed by atoms with Gasteiger partial charge >= 0.3 is 18.0 Å². The van der Waals surface area contributed by atoms with Gasteiger partial charge in [0.25, 0.3) is 5.91 Å². The second kappa shape index (κ2) is 10.9. The van der Waals surface area contributed by atoms with E-state index >= 15 is 0 Å². The molecule has 0 bridgehead atoms. The fourth-order valence-corrected chi connectivity index (χ4v) is 4.48. The summed E-state index contributed by atoms with van der Waals surface area (Å²) in [6, 6.07) is 9.59. The Morgan fingerprint density at radius 1 is 1.08 bits per heavy atom. The number of nitrogens with zero attached hydrogens (tertiary/aromatic N) is 2. The van der Waals surface area contributed by atoms with Gasteiger partial charge < -0.3 is 14.6 Å². The Bertz CT molecular complexity index is 1290. The minimum absolute atomic E-state index is 0.0137. The summed E-state index contributed by atoms with van der Waals surface area (Å²) >= 11 is 0.854. The van der Waals surface area contributed by atoms with Crippen LogP contribution in [0.4, 0.5) is 22.0 Å². The number of alkyl halides is 5. The largest absolute Gasteiger partial charge is 0.471 e. The molecule has 1 N–H and O–H groups in total. The zero-order valence-electron chi connectivity index (χ0n) is 19.1. The standard InChI is InChI=1S/C24H20F5N3O4S/c25-23(26,16-6-2-1-3-7-16)19(33)15-5-4-10-35-13-14(11-15)12-30-21(34)18-9-8-17(37-18)20-31-22(36-32-20)24(27,28)29/h1-3,6-9,11,14H,4-5,10,12-13H2,(H,30,34)/b15-11-. The number of carbonyl (C=O) groups is 2. The van der Waals surface area contributed by atoms with Gasteiger partial charge in [-0.1, -0.05) is 41.6 Å². The molecule has 0 saturated carbocycles. The summed E-state index contributed by atoms with van der Waals surface area (Å²) in [5.74, 6) is -7.90. The van der Waals surface area contributed by atoms with Crippen LogP contribution in [0, 0.1) is 5.92 Å². The van der Waals surface area contributed by atoms with Crippen molar-refractivity contribution in [2.45, 2.75) is 24.9 Å². The highest BCUT2D eigenvalue weighted by Crippen LogP contribution is 2.34. The molecule has 3 aromatic rings. The van der Waals surface area contributed by atoms with Crippen LogP contribution in [0.15, 0.2) is 58.6 Å². The Morgan fingerprint density at radius 3 is 2.54 bits per heavy atom. The fourth-order valence-electron chi connectivity index (χ4n) is 3.63. The smallest absolute Gasteiger partial charge is 0.381 e. The third kappa shape index (κ3) is 6.28. The number of ketones is 1. The lowest BCUT2D eigenvalue weighted by atomic mass is 9.92. The summed E-state index contributed by atoms with van der Waals surface area (Å²) in [5.41, 5.74) is -0.436. The summed E-state index contributed by atoms with van der Waals surface area (Å²) in [4.78, 5) is 29.0. The average molecular weight is 541 g/mol. The highest BCUT2D eigenvalue weighted by Gasteiger charge is 2.42. The molecular formula is C24H20F5N3O4S. The molecule has 0 radical (unpaired) electrons. The molecule has 3 heterocycles. The van der Waals surface area contributed by atoms with Gasteiger partial charge in [0.05, 0.1) is 16.4 Å². The van der Waals surface area contributed by atoms with E-state index in [1.165, 1.54) is 42.5 Å². The average Bonchev–Trinajstić information content (AvgIpc) is 3.53. The van der Waals surface area contributed by atoms with Gasteiger partial charge in [0.1, 0.15) is 0 Å². The maximum Gasteiger partial charge on any atom is 0.471 e. The van der Waals surface area contributed by atoms with E-state index in [0.717, 1.165) is 11.3 Å². The van der Waals surface area contributed by atoms with E-state index in [9.17, 15) is 31.5 Å². The lowest BCUT2D eigenvalue weighted by molar-refractivity contribution is -0.159. The maximum absolute atomic E-state index is 14.9. The second-order valence-electron chi connectivity index (χ2n) is 8.19. The first kappa shape index (κ1) is 26.6. The van der Waals surface area contributed by atoms with E-state index in [1.54, 1.807) is 6.07 Å². The number of benzene rings is 1. The molecule has 1 aromatic carbocycles. The highest BCUT2D eigenvalue weighted by atomic mass is 32.1. The van der Waals surface area contributed by atoms with Gasteiger partial charge in [-0.05, 0) is 30.5 Å². The van der Waals surface area contributed by atoms with E-state index in [-0.39, 0.29) is 47.3 Å². The molecule has 0 spiro atoms. The molecule has 2 aromatic heterocycles. The Kier molecular flexibility index (Phi) is 7.83. The number of nitrogens with one attached hydrogen (secondary N) is 1. The molecule has 13 heteroatoms. The number of allylic oxidation sites excluding steroid dienone is 1. The van der Waals surface area contributed by atoms with Crippen LogP contribution in [-0.4, -0.2) is 41.6 Å². The number of halogens is 5. The molecule has 4 rings (SSSR count). The molecule has 37 heavy (non-hydrogen) atoms. The normalized spacial score (nSPS) is 18.4. The van der Waals surface area contributed by atoms with Crippen LogP contribution in [-0.2, 0) is 21.6 Å². The molecule has 1 unspecified atom stereocenters. The molecule has 1 aliphatic rings. The van der Waals surface area contributed by atoms with Gasteiger partial charge in [0, 0.05) is 24.6 Å². The summed E-state index contributed by atoms with van der Waals surface area (Å²) in [5, 5.41) is 5.93. The van der Waals surface area contributed by atoms with Crippen molar-refractivity contribution in [1.29, 1.82) is 0 Å². The Morgan fingerprint density at radius 2 is 1.84 bits per heavy atom. The Labute approximate surface area is 211 Å². The first-order chi connectivity index (χ1) is 17.6. The third-order valence-electron chi connectivity index (χ3n) is 5.46. The van der Waals surface area contributed by atoms with E-state index in [1.807, 2.05) is 0 Å². The van der Waals surface area contributed by atoms with Crippen LogP contribution < -0.4 is 5.32 Å². The minimum atomic E-state index is -4.79. The second-order valence-corrected chi connectivity index (χ2v) is 9.28. The minimum Gasteiger partial charge on any atom is -0.381 e. The van der Waals surface area contributed by atoms with Gasteiger partial charge in [-0.25, -0.2) is 0 Å². The first-order valence-corrected chi connectivity index (χ1v) is 11.9. The van der Waals surface area contributed by atoms with Crippen LogP contribution in [0.25, 0.3) is 10.7 Å². The van der Waals surface area contributed by atoms with Crippen molar-refractivity contribution in [1.82, 2.24) is 15.5 Å². The van der Waals surface area contributed by atoms with Crippen molar-refractivity contribution in [2.75, 3.05) is 19.8 Å². The molecule has 7 nitrogen and oxygen atoms in total. The van der Waals surface area contributed by atoms with Gasteiger partial charge in [0.15, 0.2) is 0 Å². The SMILES string of the molecule is O=C(NCC1/C=C(\C(=O)C(F)(F)c2ccccc2)CCCOC1)c1ccc(-c2noc(C(F)(F)F)n2)s1. The summed E-state index contributed by atoms with van der Waals surface area (Å²) < 4.78 is 77.5. The molecular weight excluding hydrogens is 521 g/mol. The number of rotatable bonds is 7. The number of hydrogen-bond donors (Lipinski definition) is 1.